The first-order valence-corrected chi connectivity index (χ1v) is 18.8. The van der Waals surface area contributed by atoms with Crippen molar-refractivity contribution in [3.63, 3.8) is 0 Å². The van der Waals surface area contributed by atoms with Crippen LogP contribution in [0.1, 0.15) is 117 Å². The highest BCUT2D eigenvalue weighted by atomic mass is 16.3. The lowest BCUT2D eigenvalue weighted by Crippen LogP contribution is -2.58. The van der Waals surface area contributed by atoms with Crippen molar-refractivity contribution in [1.82, 2.24) is 0 Å². The van der Waals surface area contributed by atoms with E-state index in [1.807, 2.05) is 6.08 Å². The molecule has 0 bridgehead atoms. The van der Waals surface area contributed by atoms with Crippen molar-refractivity contribution >= 4 is 23.6 Å². The number of ketones is 3. The summed E-state index contributed by atoms with van der Waals surface area (Å²) in [6.07, 6.45) is 17.5. The highest BCUT2D eigenvalue weighted by Crippen LogP contribution is 2.67. The molecule has 8 rings (SSSR count). The van der Waals surface area contributed by atoms with E-state index in [-0.39, 0.29) is 51.7 Å². The number of aliphatic hydroxyl groups excluding tert-OH is 3. The second-order valence-corrected chi connectivity index (χ2v) is 17.8. The number of allylic oxidation sites excluding steroid dienone is 2. The predicted octanol–water partition coefficient (Wildman–Crippen LogP) is 5.72. The number of aldehydes is 1. The fourth-order valence-electron chi connectivity index (χ4n) is 13.7. The summed E-state index contributed by atoms with van der Waals surface area (Å²) < 4.78 is 0. The second kappa shape index (κ2) is 11.8. The predicted molar refractivity (Wildman–Crippen MR) is 177 cm³/mol. The molecule has 13 atom stereocenters. The molecule has 0 aromatic heterocycles. The SMILES string of the molecule is C[C@]12CCC(=O)C=C1CC[C@@H]1[C@@H]2[C@@H](O)C[C@]2(C=O)[C@@H](C(=O)CO)CC[C@@H]12.C[C@]12CC[C@H]3[C@@H](CCC4=CC(=O)CC[C@@]43C)[C@@H]1CC[C@@H]2O. The number of carbonyl (C=O) groups excluding carboxylic acids is 4. The summed E-state index contributed by atoms with van der Waals surface area (Å²) in [6, 6.07) is 0. The van der Waals surface area contributed by atoms with Gasteiger partial charge in [0.05, 0.1) is 12.2 Å². The molecule has 7 nitrogen and oxygen atoms in total. The van der Waals surface area contributed by atoms with Gasteiger partial charge in [0.25, 0.3) is 0 Å². The molecule has 0 radical (unpaired) electrons. The Bertz CT molecular complexity index is 1400. The van der Waals surface area contributed by atoms with Crippen molar-refractivity contribution in [3.8, 4) is 0 Å². The van der Waals surface area contributed by atoms with Crippen LogP contribution < -0.4 is 0 Å². The van der Waals surface area contributed by atoms with Gasteiger partial charge in [-0.2, -0.15) is 0 Å². The number of rotatable bonds is 3. The Morgan fingerprint density at radius 3 is 2.04 bits per heavy atom. The Morgan fingerprint density at radius 1 is 0.766 bits per heavy atom. The van der Waals surface area contributed by atoms with Gasteiger partial charge in [-0.25, -0.2) is 0 Å². The van der Waals surface area contributed by atoms with Crippen molar-refractivity contribution in [2.24, 2.45) is 63.1 Å². The van der Waals surface area contributed by atoms with Gasteiger partial charge >= 0.3 is 0 Å². The molecule has 258 valence electrons. The van der Waals surface area contributed by atoms with Crippen molar-refractivity contribution in [2.75, 3.05) is 6.61 Å². The van der Waals surface area contributed by atoms with E-state index in [0.717, 1.165) is 75.1 Å². The largest absolute Gasteiger partial charge is 0.393 e. The Kier molecular flexibility index (Phi) is 8.44. The maximum Gasteiger partial charge on any atom is 0.162 e. The quantitative estimate of drug-likeness (QED) is 0.334. The Balaban J connectivity index is 0.000000153. The summed E-state index contributed by atoms with van der Waals surface area (Å²) in [4.78, 5) is 48.2. The van der Waals surface area contributed by atoms with Gasteiger partial charge < -0.3 is 20.1 Å². The van der Waals surface area contributed by atoms with Crippen molar-refractivity contribution in [1.29, 1.82) is 0 Å². The van der Waals surface area contributed by atoms with E-state index in [1.54, 1.807) is 6.08 Å². The van der Waals surface area contributed by atoms with Crippen LogP contribution in [0.3, 0.4) is 0 Å². The Labute approximate surface area is 280 Å². The van der Waals surface area contributed by atoms with E-state index >= 15 is 0 Å². The van der Waals surface area contributed by atoms with Crippen LogP contribution in [-0.2, 0) is 19.2 Å². The molecular formula is C40H56O7. The molecule has 0 heterocycles. The minimum atomic E-state index is -0.831. The normalized spacial score (nSPS) is 49.8. The fourth-order valence-corrected chi connectivity index (χ4v) is 13.7. The van der Waals surface area contributed by atoms with Crippen LogP contribution in [0.15, 0.2) is 23.3 Å². The maximum atomic E-state index is 12.3. The lowest BCUT2D eigenvalue weighted by atomic mass is 9.45. The molecule has 7 heteroatoms. The summed E-state index contributed by atoms with van der Waals surface area (Å²) in [6.45, 7) is 6.40. The molecule has 0 aromatic carbocycles. The van der Waals surface area contributed by atoms with Gasteiger partial charge in [0.2, 0.25) is 0 Å². The highest BCUT2D eigenvalue weighted by molar-refractivity contribution is 5.92. The summed E-state index contributed by atoms with van der Waals surface area (Å²) >= 11 is 0. The van der Waals surface area contributed by atoms with E-state index in [9.17, 15) is 34.5 Å². The number of hydrogen-bond donors (Lipinski definition) is 3. The van der Waals surface area contributed by atoms with Crippen LogP contribution in [0.25, 0.3) is 0 Å². The van der Waals surface area contributed by atoms with Crippen LogP contribution in [0.5, 0.6) is 0 Å². The third-order valence-corrected chi connectivity index (χ3v) is 16.2. The Morgan fingerprint density at radius 2 is 1.38 bits per heavy atom. The highest BCUT2D eigenvalue weighted by Gasteiger charge is 2.65. The van der Waals surface area contributed by atoms with Crippen LogP contribution in [-0.4, -0.2) is 57.8 Å². The van der Waals surface area contributed by atoms with Crippen LogP contribution in [0, 0.1) is 63.1 Å². The van der Waals surface area contributed by atoms with E-state index < -0.39 is 24.0 Å². The average molecular weight is 649 g/mol. The van der Waals surface area contributed by atoms with E-state index in [2.05, 4.69) is 20.8 Å². The number of fused-ring (bicyclic) bond motifs is 10. The monoisotopic (exact) mass is 648 g/mol. The second-order valence-electron chi connectivity index (χ2n) is 17.8. The van der Waals surface area contributed by atoms with E-state index in [1.165, 1.54) is 31.3 Å². The van der Waals surface area contributed by atoms with E-state index in [4.69, 9.17) is 0 Å². The number of carbonyl (C=O) groups is 4. The molecule has 0 unspecified atom stereocenters. The summed E-state index contributed by atoms with van der Waals surface area (Å²) in [7, 11) is 0. The molecule has 0 aliphatic heterocycles. The topological polar surface area (TPSA) is 129 Å². The lowest BCUT2D eigenvalue weighted by molar-refractivity contribution is -0.157. The molecule has 8 aliphatic carbocycles. The third kappa shape index (κ3) is 4.90. The standard InChI is InChI=1S/C21H28O5.C19H28O2/c1-20-7-6-13(24)8-12(20)2-3-14-15-4-5-16(18(26)10-22)21(15,11-23)9-17(25)19(14)20;1-18-9-7-13(20)11-12(18)3-4-14-15-5-6-17(21)19(15,2)10-8-16(14)18/h8,11,14-17,19,22,25H,2-7,9-10H2,1H3;11,14-17,21H,3-10H2,1-2H3/t14-,15-,16+,17-,19+,20-,21+;14-,15-,16-,17-,18-,19-/m00/s1. The third-order valence-electron chi connectivity index (χ3n) is 16.2. The minimum absolute atomic E-state index is 0.0386. The van der Waals surface area contributed by atoms with E-state index in [0.29, 0.717) is 31.0 Å². The van der Waals surface area contributed by atoms with Gasteiger partial charge in [0.15, 0.2) is 17.3 Å². The molecule has 8 aliphatic rings. The smallest absolute Gasteiger partial charge is 0.162 e. The van der Waals surface area contributed by atoms with Crippen molar-refractivity contribution < 1.29 is 34.5 Å². The minimum Gasteiger partial charge on any atom is -0.393 e. The fraction of sp³-hybridized carbons (Fsp3) is 0.800. The number of aliphatic hydroxyl groups is 3. The van der Waals surface area contributed by atoms with Gasteiger partial charge in [-0.1, -0.05) is 31.9 Å². The molecular weight excluding hydrogens is 592 g/mol. The molecule has 0 saturated heterocycles. The molecule has 3 N–H and O–H groups in total. The first-order chi connectivity index (χ1) is 22.3. The van der Waals surface area contributed by atoms with Gasteiger partial charge in [-0.05, 0) is 147 Å². The number of hydrogen-bond acceptors (Lipinski definition) is 7. The maximum absolute atomic E-state index is 12.3. The van der Waals surface area contributed by atoms with Gasteiger partial charge in [-0.3, -0.25) is 14.4 Å². The molecule has 0 amide bonds. The summed E-state index contributed by atoms with van der Waals surface area (Å²) in [5.41, 5.74) is 2.03. The van der Waals surface area contributed by atoms with Crippen molar-refractivity contribution in [3.05, 3.63) is 23.3 Å². The van der Waals surface area contributed by atoms with Gasteiger partial charge in [0, 0.05) is 24.2 Å². The zero-order valence-corrected chi connectivity index (χ0v) is 28.7. The number of Topliss-reactive ketones (excluding diaryl/α,β-unsaturated/α-hetero) is 1. The first-order valence-electron chi connectivity index (χ1n) is 18.8. The van der Waals surface area contributed by atoms with Gasteiger partial charge in [-0.15, -0.1) is 0 Å². The van der Waals surface area contributed by atoms with Crippen molar-refractivity contribution in [2.45, 2.75) is 129 Å². The summed E-state index contributed by atoms with van der Waals surface area (Å²) in [5.74, 6) is 2.33. The molecule has 6 saturated carbocycles. The molecule has 47 heavy (non-hydrogen) atoms. The Hall–Kier alpha value is -1.96. The zero-order valence-electron chi connectivity index (χ0n) is 28.7. The molecule has 6 fully saturated rings. The van der Waals surface area contributed by atoms with Crippen LogP contribution in [0.2, 0.25) is 0 Å². The van der Waals surface area contributed by atoms with Gasteiger partial charge in [0.1, 0.15) is 12.9 Å². The average Bonchev–Trinajstić information content (AvgIpc) is 3.58. The lowest BCUT2D eigenvalue weighted by Gasteiger charge is -2.59. The van der Waals surface area contributed by atoms with Crippen LogP contribution in [0.4, 0.5) is 0 Å². The zero-order chi connectivity index (χ0) is 33.5. The summed E-state index contributed by atoms with van der Waals surface area (Å²) in [5, 5.41) is 30.9. The van der Waals surface area contributed by atoms with Crippen LogP contribution >= 0.6 is 0 Å². The molecule has 0 spiro atoms. The molecule has 0 aromatic rings. The first kappa shape index (κ1) is 33.5.